The molecule has 0 heterocycles. The second kappa shape index (κ2) is 30.1. The highest BCUT2D eigenvalue weighted by molar-refractivity contribution is 7.47. The van der Waals surface area contributed by atoms with Gasteiger partial charge in [0.1, 0.15) is 12.7 Å². The van der Waals surface area contributed by atoms with Gasteiger partial charge in [0.25, 0.3) is 0 Å². The summed E-state index contributed by atoms with van der Waals surface area (Å²) in [7, 11) is -4.37. The fraction of sp³-hybridized carbons (Fsp3) is 0.938. The van der Waals surface area contributed by atoms with Crippen molar-refractivity contribution in [2.75, 3.05) is 26.4 Å². The molecule has 2 atom stereocenters. The average Bonchev–Trinajstić information content (AvgIpc) is 2.96. The number of nitrogens with one attached hydrogen (secondary N) is 1. The van der Waals surface area contributed by atoms with E-state index in [1.165, 1.54) is 109 Å². The summed E-state index contributed by atoms with van der Waals surface area (Å²) in [4.78, 5) is 32.8. The van der Waals surface area contributed by atoms with Gasteiger partial charge in [-0.3, -0.25) is 18.6 Å². The summed E-state index contributed by atoms with van der Waals surface area (Å²) in [6, 6.07) is 0. The molecule has 0 aromatic heterocycles. The van der Waals surface area contributed by atoms with Crippen molar-refractivity contribution in [1.82, 2.24) is 5.32 Å². The van der Waals surface area contributed by atoms with Crippen LogP contribution in [0.15, 0.2) is 0 Å². The highest BCUT2D eigenvalue weighted by Crippen LogP contribution is 2.42. The first-order valence-electron chi connectivity index (χ1n) is 17.0. The Labute approximate surface area is 256 Å². The van der Waals surface area contributed by atoms with Crippen molar-refractivity contribution in [3.8, 4) is 0 Å². The van der Waals surface area contributed by atoms with Crippen LogP contribution in [-0.2, 0) is 27.9 Å². The zero-order valence-corrected chi connectivity index (χ0v) is 27.9. The lowest BCUT2D eigenvalue weighted by molar-refractivity contribution is -0.147. The number of esters is 1. The summed E-state index contributed by atoms with van der Waals surface area (Å²) in [6.45, 7) is 3.19. The molecular formula is C32H64NO8P. The quantitative estimate of drug-likeness (QED) is 0.0390. The molecule has 0 aliphatic heterocycles. The minimum Gasteiger partial charge on any atom is -0.463 e. The minimum atomic E-state index is -4.37. The fourth-order valence-electron chi connectivity index (χ4n) is 4.72. The van der Waals surface area contributed by atoms with Crippen LogP contribution in [0.1, 0.15) is 162 Å². The summed E-state index contributed by atoms with van der Waals surface area (Å²) < 4.78 is 26.3. The summed E-state index contributed by atoms with van der Waals surface area (Å²) in [5, 5.41) is 12.4. The predicted molar refractivity (Wildman–Crippen MR) is 169 cm³/mol. The molecule has 0 saturated heterocycles. The fourth-order valence-corrected chi connectivity index (χ4v) is 5.48. The SMILES string of the molecule is CCCCCCCCCCCCCCCCCCCCCCC(=O)OCC(O)COP(=O)(O)OCCNC(=O)CCC. The van der Waals surface area contributed by atoms with Crippen molar-refractivity contribution in [1.29, 1.82) is 0 Å². The van der Waals surface area contributed by atoms with Gasteiger partial charge in [0, 0.05) is 19.4 Å². The van der Waals surface area contributed by atoms with Crippen LogP contribution in [0.25, 0.3) is 0 Å². The van der Waals surface area contributed by atoms with Gasteiger partial charge in [0.15, 0.2) is 0 Å². The van der Waals surface area contributed by atoms with Gasteiger partial charge < -0.3 is 20.1 Å². The number of hydrogen-bond donors (Lipinski definition) is 3. The van der Waals surface area contributed by atoms with E-state index in [1.54, 1.807) is 0 Å². The Kier molecular flexibility index (Phi) is 29.3. The Morgan fingerprint density at radius 2 is 1.10 bits per heavy atom. The van der Waals surface area contributed by atoms with Crippen LogP contribution in [0, 0.1) is 0 Å². The summed E-state index contributed by atoms with van der Waals surface area (Å²) in [6.07, 6.45) is 26.2. The predicted octanol–water partition coefficient (Wildman–Crippen LogP) is 8.15. The second-order valence-corrected chi connectivity index (χ2v) is 13.0. The molecule has 0 saturated carbocycles. The number of carbonyl (C=O) groups excluding carboxylic acids is 2. The smallest absolute Gasteiger partial charge is 0.463 e. The van der Waals surface area contributed by atoms with Crippen LogP contribution < -0.4 is 5.32 Å². The molecule has 0 radical (unpaired) electrons. The third kappa shape index (κ3) is 30.5. The van der Waals surface area contributed by atoms with Gasteiger partial charge in [-0.1, -0.05) is 136 Å². The van der Waals surface area contributed by atoms with Crippen LogP contribution in [0.5, 0.6) is 0 Å². The van der Waals surface area contributed by atoms with E-state index in [0.29, 0.717) is 12.8 Å². The average molecular weight is 622 g/mol. The number of unbranched alkanes of at least 4 members (excludes halogenated alkanes) is 19. The largest absolute Gasteiger partial charge is 0.472 e. The van der Waals surface area contributed by atoms with E-state index >= 15 is 0 Å². The Hall–Kier alpha value is -0.990. The van der Waals surface area contributed by atoms with E-state index in [2.05, 4.69) is 12.2 Å². The zero-order chi connectivity index (χ0) is 31.2. The van der Waals surface area contributed by atoms with Crippen molar-refractivity contribution in [2.24, 2.45) is 0 Å². The van der Waals surface area contributed by atoms with Gasteiger partial charge in [0.2, 0.25) is 5.91 Å². The summed E-state index contributed by atoms with van der Waals surface area (Å²) >= 11 is 0. The maximum absolute atomic E-state index is 11.9. The van der Waals surface area contributed by atoms with Crippen LogP contribution in [0.3, 0.4) is 0 Å². The standard InChI is InChI=1S/C32H64NO8P/c1-3-5-6-7-8-9-10-11-12-13-14-15-16-17-18-19-20-21-22-23-25-32(36)39-28-30(34)29-41-42(37,38)40-27-26-33-31(35)24-4-2/h30,34H,3-29H2,1-2H3,(H,33,35)(H,37,38). The first-order valence-corrected chi connectivity index (χ1v) is 18.5. The number of aliphatic hydroxyl groups excluding tert-OH is 1. The lowest BCUT2D eigenvalue weighted by atomic mass is 10.0. The molecule has 3 N–H and O–H groups in total. The van der Waals surface area contributed by atoms with Gasteiger partial charge in [-0.05, 0) is 12.8 Å². The minimum absolute atomic E-state index is 0.0758. The maximum Gasteiger partial charge on any atom is 0.472 e. The molecule has 0 spiro atoms. The Bertz CT molecular complexity index is 679. The van der Waals surface area contributed by atoms with Crippen molar-refractivity contribution < 1.29 is 37.9 Å². The maximum atomic E-state index is 11.9. The van der Waals surface area contributed by atoms with Crippen molar-refractivity contribution in [2.45, 2.75) is 168 Å². The molecular weight excluding hydrogens is 557 g/mol. The number of phosphoric acid groups is 1. The molecule has 42 heavy (non-hydrogen) atoms. The third-order valence-corrected chi connectivity index (χ3v) is 8.24. The highest BCUT2D eigenvalue weighted by Gasteiger charge is 2.23. The molecule has 1 amide bonds. The molecule has 0 aromatic carbocycles. The number of aliphatic hydroxyl groups is 1. The van der Waals surface area contributed by atoms with Crippen LogP contribution in [-0.4, -0.2) is 54.3 Å². The molecule has 10 heteroatoms. The van der Waals surface area contributed by atoms with E-state index in [1.807, 2.05) is 6.92 Å². The molecule has 0 rings (SSSR count). The highest BCUT2D eigenvalue weighted by atomic mass is 31.2. The van der Waals surface area contributed by atoms with E-state index in [9.17, 15) is 24.2 Å². The lowest BCUT2D eigenvalue weighted by Crippen LogP contribution is -2.27. The third-order valence-electron chi connectivity index (χ3n) is 7.26. The zero-order valence-electron chi connectivity index (χ0n) is 27.0. The molecule has 0 fully saturated rings. The lowest BCUT2D eigenvalue weighted by Gasteiger charge is -2.15. The molecule has 0 aliphatic rings. The van der Waals surface area contributed by atoms with E-state index in [0.717, 1.165) is 19.3 Å². The molecule has 9 nitrogen and oxygen atoms in total. The van der Waals surface area contributed by atoms with Crippen molar-refractivity contribution in [3.05, 3.63) is 0 Å². The van der Waals surface area contributed by atoms with Crippen LogP contribution in [0.2, 0.25) is 0 Å². The number of hydrogen-bond acceptors (Lipinski definition) is 7. The molecule has 0 aromatic rings. The van der Waals surface area contributed by atoms with Crippen molar-refractivity contribution in [3.63, 3.8) is 0 Å². The molecule has 250 valence electrons. The molecule has 0 aliphatic carbocycles. The van der Waals surface area contributed by atoms with Gasteiger partial charge in [-0.25, -0.2) is 4.57 Å². The van der Waals surface area contributed by atoms with Crippen molar-refractivity contribution >= 4 is 19.7 Å². The number of amides is 1. The Morgan fingerprint density at radius 1 is 0.643 bits per heavy atom. The van der Waals surface area contributed by atoms with Crippen LogP contribution >= 0.6 is 7.82 Å². The number of carbonyl (C=O) groups is 2. The number of phosphoric ester groups is 1. The number of ether oxygens (including phenoxy) is 1. The summed E-state index contributed by atoms with van der Waals surface area (Å²) in [5.41, 5.74) is 0. The Balaban J connectivity index is 3.46. The first-order chi connectivity index (χ1) is 20.3. The summed E-state index contributed by atoms with van der Waals surface area (Å²) in [5.74, 6) is -0.565. The number of rotatable bonds is 32. The van der Waals surface area contributed by atoms with E-state index in [4.69, 9.17) is 13.8 Å². The normalized spacial score (nSPS) is 13.5. The monoisotopic (exact) mass is 621 g/mol. The van der Waals surface area contributed by atoms with Gasteiger partial charge >= 0.3 is 13.8 Å². The topological polar surface area (TPSA) is 131 Å². The Morgan fingerprint density at radius 3 is 1.55 bits per heavy atom. The first kappa shape index (κ1) is 41.0. The van der Waals surface area contributed by atoms with Crippen LogP contribution in [0.4, 0.5) is 0 Å². The van der Waals surface area contributed by atoms with Gasteiger partial charge in [-0.2, -0.15) is 0 Å². The van der Waals surface area contributed by atoms with Gasteiger partial charge in [0.05, 0.1) is 13.2 Å². The molecule has 0 bridgehead atoms. The van der Waals surface area contributed by atoms with Gasteiger partial charge in [-0.15, -0.1) is 0 Å². The van der Waals surface area contributed by atoms with E-state index in [-0.39, 0.29) is 32.1 Å². The molecule has 2 unspecified atom stereocenters. The van der Waals surface area contributed by atoms with E-state index < -0.39 is 26.5 Å². The second-order valence-electron chi connectivity index (χ2n) is 11.5.